The Balaban J connectivity index is 2.25. The molecule has 25 heavy (non-hydrogen) atoms. The molecule has 0 saturated carbocycles. The Hall–Kier alpha value is -1.45. The molecular formula is C15H15Br2ClN6O. The van der Waals surface area contributed by atoms with Gasteiger partial charge in [-0.25, -0.2) is 4.79 Å². The number of alkyl halides is 1. The Kier molecular flexibility index (Phi) is 5.17. The third kappa shape index (κ3) is 3.20. The van der Waals surface area contributed by atoms with E-state index in [-0.39, 0.29) is 23.3 Å². The molecule has 3 heterocycles. The van der Waals surface area contributed by atoms with Gasteiger partial charge in [-0.3, -0.25) is 14.1 Å². The zero-order valence-electron chi connectivity index (χ0n) is 13.6. The van der Waals surface area contributed by atoms with Crippen LogP contribution < -0.4 is 11.4 Å². The van der Waals surface area contributed by atoms with Crippen LogP contribution in [0.4, 0.5) is 5.95 Å². The van der Waals surface area contributed by atoms with Gasteiger partial charge in [-0.15, -0.1) is 0 Å². The zero-order valence-corrected chi connectivity index (χ0v) is 17.5. The summed E-state index contributed by atoms with van der Waals surface area (Å²) in [5, 5.41) is 0.758. The highest BCUT2D eigenvalue weighted by molar-refractivity contribution is 9.10. The van der Waals surface area contributed by atoms with Gasteiger partial charge < -0.3 is 5.73 Å². The summed E-state index contributed by atoms with van der Waals surface area (Å²) in [6.07, 6.45) is 1.77. The number of aromatic nitrogens is 5. The fraction of sp³-hybridized carbons (Fsp3) is 0.333. The largest absolute Gasteiger partial charge is 0.368 e. The molecule has 7 nitrogen and oxygen atoms in total. The Morgan fingerprint density at radius 3 is 2.68 bits per heavy atom. The van der Waals surface area contributed by atoms with E-state index in [4.69, 9.17) is 17.3 Å². The van der Waals surface area contributed by atoms with Crippen LogP contribution in [0.2, 0.25) is 5.15 Å². The molecule has 10 heteroatoms. The second-order valence-electron chi connectivity index (χ2n) is 5.58. The average Bonchev–Trinajstić information content (AvgIpc) is 2.81. The lowest BCUT2D eigenvalue weighted by Crippen LogP contribution is -2.26. The topological polar surface area (TPSA) is 91.6 Å². The van der Waals surface area contributed by atoms with Gasteiger partial charge in [0.05, 0.1) is 12.2 Å². The molecule has 2 N–H and O–H groups in total. The molecule has 132 valence electrons. The van der Waals surface area contributed by atoms with Gasteiger partial charge in [-0.05, 0) is 25.0 Å². The van der Waals surface area contributed by atoms with Crippen molar-refractivity contribution in [3.05, 3.63) is 43.1 Å². The van der Waals surface area contributed by atoms with Crippen molar-refractivity contribution in [1.29, 1.82) is 0 Å². The molecule has 0 bridgehead atoms. The summed E-state index contributed by atoms with van der Waals surface area (Å²) >= 11 is 13.1. The van der Waals surface area contributed by atoms with Crippen LogP contribution in [0, 0.1) is 13.8 Å². The molecule has 0 aromatic carbocycles. The number of nitrogen functional groups attached to an aromatic ring is 1. The molecule has 0 unspecified atom stereocenters. The maximum atomic E-state index is 12.9. The van der Waals surface area contributed by atoms with Crippen molar-refractivity contribution < 1.29 is 0 Å². The Morgan fingerprint density at radius 2 is 2.00 bits per heavy atom. The van der Waals surface area contributed by atoms with Gasteiger partial charge in [0.15, 0.2) is 10.8 Å². The van der Waals surface area contributed by atoms with Crippen molar-refractivity contribution in [3.63, 3.8) is 0 Å². The summed E-state index contributed by atoms with van der Waals surface area (Å²) in [5.41, 5.74) is 9.16. The van der Waals surface area contributed by atoms with Gasteiger partial charge in [0.1, 0.15) is 5.52 Å². The van der Waals surface area contributed by atoms with Crippen LogP contribution in [0.25, 0.3) is 11.2 Å². The van der Waals surface area contributed by atoms with E-state index in [9.17, 15) is 4.79 Å². The number of fused-ring (bicyclic) bond motifs is 1. The summed E-state index contributed by atoms with van der Waals surface area (Å²) in [6.45, 7) is 4.63. The molecule has 3 aromatic rings. The van der Waals surface area contributed by atoms with E-state index < -0.39 is 0 Å². The van der Waals surface area contributed by atoms with E-state index in [0.717, 1.165) is 21.3 Å². The third-order valence-corrected chi connectivity index (χ3v) is 5.80. The Morgan fingerprint density at radius 1 is 1.28 bits per heavy atom. The van der Waals surface area contributed by atoms with Gasteiger partial charge in [0.25, 0.3) is 0 Å². The number of pyridine rings is 1. The maximum absolute atomic E-state index is 12.9. The van der Waals surface area contributed by atoms with Gasteiger partial charge >= 0.3 is 5.69 Å². The number of anilines is 1. The number of rotatable bonds is 4. The number of nitrogens with zero attached hydrogens (tertiary/aromatic N) is 5. The fourth-order valence-electron chi connectivity index (χ4n) is 2.68. The second-order valence-corrected chi connectivity index (χ2v) is 7.53. The summed E-state index contributed by atoms with van der Waals surface area (Å²) < 4.78 is 4.05. The lowest BCUT2D eigenvalue weighted by molar-refractivity contribution is 0.678. The predicted octanol–water partition coefficient (Wildman–Crippen LogP) is 3.05. The number of aryl methyl sites for hydroxylation is 2. The first-order valence-corrected chi connectivity index (χ1v) is 9.73. The van der Waals surface area contributed by atoms with Gasteiger partial charge in [-0.2, -0.15) is 9.97 Å². The maximum Gasteiger partial charge on any atom is 0.330 e. The first-order chi connectivity index (χ1) is 11.8. The third-order valence-electron chi connectivity index (χ3n) is 3.97. The van der Waals surface area contributed by atoms with Crippen LogP contribution in [0.1, 0.15) is 16.8 Å². The van der Waals surface area contributed by atoms with E-state index in [1.54, 1.807) is 10.8 Å². The molecular weight excluding hydrogens is 475 g/mol. The van der Waals surface area contributed by atoms with Crippen molar-refractivity contribution in [1.82, 2.24) is 24.1 Å². The number of hydrogen-bond donors (Lipinski definition) is 1. The van der Waals surface area contributed by atoms with Crippen molar-refractivity contribution in [2.45, 2.75) is 26.9 Å². The van der Waals surface area contributed by atoms with Crippen molar-refractivity contribution in [2.75, 3.05) is 11.1 Å². The van der Waals surface area contributed by atoms with Crippen LogP contribution in [0.3, 0.4) is 0 Å². The van der Waals surface area contributed by atoms with Crippen LogP contribution in [0.5, 0.6) is 0 Å². The fourth-order valence-corrected chi connectivity index (χ4v) is 3.64. The number of halogens is 3. The van der Waals surface area contributed by atoms with Crippen LogP contribution in [0.15, 0.2) is 15.5 Å². The summed E-state index contributed by atoms with van der Waals surface area (Å²) in [5.74, 6) is 0.0250. The predicted molar refractivity (Wildman–Crippen MR) is 106 cm³/mol. The van der Waals surface area contributed by atoms with Crippen molar-refractivity contribution in [2.24, 2.45) is 0 Å². The molecule has 0 fully saturated rings. The van der Waals surface area contributed by atoms with Crippen molar-refractivity contribution >= 4 is 60.6 Å². The highest BCUT2D eigenvalue weighted by Gasteiger charge is 2.20. The highest BCUT2D eigenvalue weighted by Crippen LogP contribution is 2.25. The normalized spacial score (nSPS) is 11.4. The van der Waals surface area contributed by atoms with E-state index in [1.807, 2.05) is 13.8 Å². The zero-order chi connectivity index (χ0) is 18.3. The Labute approximate surface area is 165 Å². The van der Waals surface area contributed by atoms with E-state index in [0.29, 0.717) is 23.0 Å². The lowest BCUT2D eigenvalue weighted by atomic mass is 10.1. The van der Waals surface area contributed by atoms with Gasteiger partial charge in [-0.1, -0.05) is 43.5 Å². The van der Waals surface area contributed by atoms with Crippen LogP contribution >= 0.6 is 43.5 Å². The van der Waals surface area contributed by atoms with E-state index >= 15 is 0 Å². The first-order valence-electron chi connectivity index (χ1n) is 7.43. The monoisotopic (exact) mass is 488 g/mol. The SMILES string of the molecule is Cc1cnc(Cn2c(=O)n(CCBr)c3c(Cl)nc(N)nc32)c(C)c1Br. The average molecular weight is 491 g/mol. The number of nitrogens with two attached hydrogens (primary N) is 1. The molecule has 0 spiro atoms. The van der Waals surface area contributed by atoms with Crippen LogP contribution in [-0.2, 0) is 13.1 Å². The van der Waals surface area contributed by atoms with Gasteiger partial charge in [0.2, 0.25) is 5.95 Å². The van der Waals surface area contributed by atoms with Crippen LogP contribution in [-0.4, -0.2) is 29.4 Å². The molecule has 0 aliphatic heterocycles. The first kappa shape index (κ1) is 18.3. The molecule has 0 atom stereocenters. The molecule has 3 aromatic heterocycles. The molecule has 3 rings (SSSR count). The molecule has 0 aliphatic rings. The molecule has 0 saturated heterocycles. The number of imidazole rings is 1. The van der Waals surface area contributed by atoms with E-state index in [2.05, 4.69) is 46.8 Å². The Bertz CT molecular complexity index is 1030. The summed E-state index contributed by atoms with van der Waals surface area (Å²) in [7, 11) is 0. The molecule has 0 aliphatic carbocycles. The quantitative estimate of drug-likeness (QED) is 0.448. The molecule has 0 radical (unpaired) electrons. The standard InChI is InChI=1S/C15H15Br2ClN6O/c1-7-5-20-9(8(2)10(7)17)6-24-13-11(12(18)21-14(19)22-13)23(4-3-16)15(24)25/h5H,3-4,6H2,1-2H3,(H2,19,21,22). The van der Waals surface area contributed by atoms with Crippen molar-refractivity contribution in [3.8, 4) is 0 Å². The molecule has 0 amide bonds. The second kappa shape index (κ2) is 7.05. The smallest absolute Gasteiger partial charge is 0.330 e. The highest BCUT2D eigenvalue weighted by atomic mass is 79.9. The minimum atomic E-state index is -0.228. The number of hydrogen-bond acceptors (Lipinski definition) is 5. The summed E-state index contributed by atoms with van der Waals surface area (Å²) in [6, 6.07) is 0. The lowest BCUT2D eigenvalue weighted by Gasteiger charge is -2.09. The minimum Gasteiger partial charge on any atom is -0.368 e. The minimum absolute atomic E-state index is 0.0250. The summed E-state index contributed by atoms with van der Waals surface area (Å²) in [4.78, 5) is 25.6. The van der Waals surface area contributed by atoms with E-state index in [1.165, 1.54) is 4.57 Å². The van der Waals surface area contributed by atoms with Gasteiger partial charge in [0, 0.05) is 22.5 Å².